The van der Waals surface area contributed by atoms with E-state index in [2.05, 4.69) is 26.3 Å². The van der Waals surface area contributed by atoms with Gasteiger partial charge in [-0.2, -0.15) is 0 Å². The largest absolute Gasteiger partial charge is 0.487 e. The van der Waals surface area contributed by atoms with Crippen LogP contribution in [0.3, 0.4) is 0 Å². The third-order valence-corrected chi connectivity index (χ3v) is 3.35. The Labute approximate surface area is 123 Å². The number of nitrogens with zero attached hydrogens (tertiary/aromatic N) is 2. The molecule has 0 aliphatic rings. The number of ether oxygens (including phenoxy) is 1. The third-order valence-electron chi connectivity index (χ3n) is 2.55. The fourth-order valence-corrected chi connectivity index (χ4v) is 2.12. The van der Waals surface area contributed by atoms with Crippen molar-refractivity contribution in [1.29, 1.82) is 0 Å². The minimum atomic E-state index is -0.478. The SMILES string of the molecule is NNc1ncccc1COc1cccc([N+](=O)[O-])c1Br. The maximum absolute atomic E-state index is 10.8. The molecule has 0 amide bonds. The molecule has 0 radical (unpaired) electrons. The van der Waals surface area contributed by atoms with Gasteiger partial charge in [-0.05, 0) is 28.1 Å². The molecule has 0 aliphatic carbocycles. The molecular weight excluding hydrogens is 328 g/mol. The molecule has 0 unspecified atom stereocenters. The van der Waals surface area contributed by atoms with E-state index in [0.29, 0.717) is 16.0 Å². The summed E-state index contributed by atoms with van der Waals surface area (Å²) in [5, 5.41) is 10.8. The second-order valence-corrected chi connectivity index (χ2v) is 4.58. The zero-order chi connectivity index (χ0) is 14.5. The Bertz CT molecular complexity index is 636. The number of nitrogen functional groups attached to an aromatic ring is 1. The Kier molecular flexibility index (Phi) is 4.49. The molecular formula is C12H11BrN4O3. The topological polar surface area (TPSA) is 103 Å². The smallest absolute Gasteiger partial charge is 0.287 e. The molecule has 0 bridgehead atoms. The van der Waals surface area contributed by atoms with Crippen LogP contribution in [0.5, 0.6) is 5.75 Å². The third kappa shape index (κ3) is 3.03. The predicted octanol–water partition coefficient (Wildman–Crippen LogP) is 2.62. The number of nitrogens with one attached hydrogen (secondary N) is 1. The zero-order valence-electron chi connectivity index (χ0n) is 10.2. The first-order valence-electron chi connectivity index (χ1n) is 5.59. The lowest BCUT2D eigenvalue weighted by Gasteiger charge is -2.10. The number of anilines is 1. The molecule has 0 fully saturated rings. The molecule has 0 atom stereocenters. The normalized spacial score (nSPS) is 10.1. The van der Waals surface area contributed by atoms with Gasteiger partial charge in [0.25, 0.3) is 5.69 Å². The van der Waals surface area contributed by atoms with Crippen LogP contribution in [0.25, 0.3) is 0 Å². The number of aromatic nitrogens is 1. The lowest BCUT2D eigenvalue weighted by Crippen LogP contribution is -2.12. The minimum Gasteiger partial charge on any atom is -0.487 e. The maximum Gasteiger partial charge on any atom is 0.287 e. The molecule has 20 heavy (non-hydrogen) atoms. The van der Waals surface area contributed by atoms with Gasteiger partial charge in [-0.1, -0.05) is 12.1 Å². The van der Waals surface area contributed by atoms with Crippen LogP contribution in [0.15, 0.2) is 41.0 Å². The van der Waals surface area contributed by atoms with Crippen molar-refractivity contribution in [3.63, 3.8) is 0 Å². The average molecular weight is 339 g/mol. The Morgan fingerprint density at radius 3 is 2.90 bits per heavy atom. The van der Waals surface area contributed by atoms with Crippen molar-refractivity contribution < 1.29 is 9.66 Å². The van der Waals surface area contributed by atoms with E-state index in [1.165, 1.54) is 6.07 Å². The van der Waals surface area contributed by atoms with Crippen molar-refractivity contribution in [1.82, 2.24) is 4.98 Å². The summed E-state index contributed by atoms with van der Waals surface area (Å²) < 4.78 is 5.87. The van der Waals surface area contributed by atoms with Crippen molar-refractivity contribution in [2.45, 2.75) is 6.61 Å². The molecule has 2 aromatic rings. The number of hydrogen-bond donors (Lipinski definition) is 2. The van der Waals surface area contributed by atoms with E-state index in [4.69, 9.17) is 10.6 Å². The van der Waals surface area contributed by atoms with Crippen LogP contribution in [0.1, 0.15) is 5.56 Å². The molecule has 1 aromatic carbocycles. The minimum absolute atomic E-state index is 0.0501. The van der Waals surface area contributed by atoms with E-state index in [0.717, 1.165) is 5.56 Å². The first kappa shape index (κ1) is 14.2. The van der Waals surface area contributed by atoms with Gasteiger partial charge in [0.05, 0.1) is 4.92 Å². The monoisotopic (exact) mass is 338 g/mol. The summed E-state index contributed by atoms with van der Waals surface area (Å²) in [5.74, 6) is 6.22. The quantitative estimate of drug-likeness (QED) is 0.493. The molecule has 2 rings (SSSR count). The molecule has 0 aliphatic heterocycles. The van der Waals surface area contributed by atoms with Crippen molar-refractivity contribution >= 4 is 27.4 Å². The van der Waals surface area contributed by atoms with Crippen LogP contribution in [0, 0.1) is 10.1 Å². The molecule has 3 N–H and O–H groups in total. The highest BCUT2D eigenvalue weighted by Gasteiger charge is 2.16. The highest BCUT2D eigenvalue weighted by molar-refractivity contribution is 9.10. The van der Waals surface area contributed by atoms with Crippen LogP contribution >= 0.6 is 15.9 Å². The summed E-state index contributed by atoms with van der Waals surface area (Å²) in [4.78, 5) is 14.4. The van der Waals surface area contributed by atoms with E-state index in [-0.39, 0.29) is 12.3 Å². The van der Waals surface area contributed by atoms with Gasteiger partial charge in [0, 0.05) is 17.8 Å². The Balaban J connectivity index is 2.19. The number of nitrogens with two attached hydrogens (primary N) is 1. The van der Waals surface area contributed by atoms with Crippen molar-refractivity contribution in [3.05, 3.63) is 56.7 Å². The van der Waals surface area contributed by atoms with Crippen LogP contribution in [0.4, 0.5) is 11.5 Å². The molecule has 7 nitrogen and oxygen atoms in total. The van der Waals surface area contributed by atoms with E-state index >= 15 is 0 Å². The number of nitro benzene ring substituents is 1. The molecule has 0 spiro atoms. The number of pyridine rings is 1. The lowest BCUT2D eigenvalue weighted by molar-refractivity contribution is -0.385. The van der Waals surface area contributed by atoms with Gasteiger partial charge in [-0.3, -0.25) is 10.1 Å². The van der Waals surface area contributed by atoms with Crippen LogP contribution < -0.4 is 16.0 Å². The molecule has 1 aromatic heterocycles. The van der Waals surface area contributed by atoms with Gasteiger partial charge in [-0.15, -0.1) is 0 Å². The number of rotatable bonds is 5. The molecule has 0 saturated carbocycles. The summed E-state index contributed by atoms with van der Waals surface area (Å²) in [6.07, 6.45) is 1.60. The van der Waals surface area contributed by atoms with Crippen LogP contribution in [0.2, 0.25) is 0 Å². The summed E-state index contributed by atoms with van der Waals surface area (Å²) in [7, 11) is 0. The molecule has 104 valence electrons. The zero-order valence-corrected chi connectivity index (χ0v) is 11.8. The van der Waals surface area contributed by atoms with Gasteiger partial charge < -0.3 is 10.2 Å². The van der Waals surface area contributed by atoms with Crippen molar-refractivity contribution in [3.8, 4) is 5.75 Å². The number of nitro groups is 1. The number of halogens is 1. The first-order chi connectivity index (χ1) is 9.63. The summed E-state index contributed by atoms with van der Waals surface area (Å²) in [6.45, 7) is 0.188. The maximum atomic E-state index is 10.8. The summed E-state index contributed by atoms with van der Waals surface area (Å²) in [6, 6.07) is 8.15. The average Bonchev–Trinajstić information content (AvgIpc) is 2.46. The Hall–Kier alpha value is -2.19. The van der Waals surface area contributed by atoms with E-state index in [1.54, 1.807) is 30.5 Å². The van der Waals surface area contributed by atoms with Gasteiger partial charge in [0.1, 0.15) is 22.6 Å². The number of hydrazine groups is 1. The highest BCUT2D eigenvalue weighted by atomic mass is 79.9. The van der Waals surface area contributed by atoms with Gasteiger partial charge in [0.15, 0.2) is 0 Å². The van der Waals surface area contributed by atoms with Crippen LogP contribution in [-0.2, 0) is 6.61 Å². The number of benzene rings is 1. The van der Waals surface area contributed by atoms with Gasteiger partial charge in [-0.25, -0.2) is 10.8 Å². The summed E-state index contributed by atoms with van der Waals surface area (Å²) >= 11 is 3.17. The molecule has 0 saturated heterocycles. The Morgan fingerprint density at radius 2 is 2.20 bits per heavy atom. The van der Waals surface area contributed by atoms with Crippen LogP contribution in [-0.4, -0.2) is 9.91 Å². The number of hydrogen-bond acceptors (Lipinski definition) is 6. The summed E-state index contributed by atoms with van der Waals surface area (Å²) in [5.41, 5.74) is 3.16. The molecule has 1 heterocycles. The lowest BCUT2D eigenvalue weighted by atomic mass is 10.2. The highest BCUT2D eigenvalue weighted by Crippen LogP contribution is 2.34. The fourth-order valence-electron chi connectivity index (χ4n) is 1.59. The standard InChI is InChI=1S/C12H11BrN4O3/c13-11-9(17(18)19)4-1-5-10(11)20-7-8-3-2-6-15-12(8)16-14/h1-6H,7,14H2,(H,15,16). The van der Waals surface area contributed by atoms with Crippen molar-refractivity contribution in [2.75, 3.05) is 5.43 Å². The fraction of sp³-hybridized carbons (Fsp3) is 0.0833. The van der Waals surface area contributed by atoms with E-state index in [1.807, 2.05) is 0 Å². The Morgan fingerprint density at radius 1 is 1.40 bits per heavy atom. The van der Waals surface area contributed by atoms with Gasteiger partial charge in [0.2, 0.25) is 0 Å². The second kappa shape index (κ2) is 6.31. The van der Waals surface area contributed by atoms with Gasteiger partial charge >= 0.3 is 0 Å². The van der Waals surface area contributed by atoms with Crippen molar-refractivity contribution in [2.24, 2.45) is 5.84 Å². The van der Waals surface area contributed by atoms with E-state index < -0.39 is 4.92 Å². The predicted molar refractivity (Wildman–Crippen MR) is 77.2 cm³/mol. The second-order valence-electron chi connectivity index (χ2n) is 3.79. The molecule has 8 heteroatoms. The first-order valence-corrected chi connectivity index (χ1v) is 6.39. The van der Waals surface area contributed by atoms with E-state index in [9.17, 15) is 10.1 Å².